The van der Waals surface area contributed by atoms with Gasteiger partial charge < -0.3 is 5.73 Å². The van der Waals surface area contributed by atoms with Gasteiger partial charge in [0.2, 0.25) is 0 Å². The van der Waals surface area contributed by atoms with Crippen molar-refractivity contribution >= 4 is 10.2 Å². The van der Waals surface area contributed by atoms with Crippen molar-refractivity contribution in [3.8, 4) is 0 Å². The van der Waals surface area contributed by atoms with Gasteiger partial charge in [-0.15, -0.1) is 0 Å². The van der Waals surface area contributed by atoms with Gasteiger partial charge in [-0.2, -0.15) is 13.1 Å². The van der Waals surface area contributed by atoms with Gasteiger partial charge in [0.15, 0.2) is 0 Å². The van der Waals surface area contributed by atoms with E-state index in [1.165, 1.54) is 0 Å². The molecule has 0 amide bonds. The lowest BCUT2D eigenvalue weighted by Crippen LogP contribution is -2.45. The van der Waals surface area contributed by atoms with Crippen molar-refractivity contribution in [2.45, 2.75) is 19.3 Å². The number of halogens is 2. The molecule has 0 aliphatic carbocycles. The number of rotatable bonds is 7. The first-order valence-corrected chi connectivity index (χ1v) is 5.63. The van der Waals surface area contributed by atoms with E-state index in [4.69, 9.17) is 5.73 Å². The van der Waals surface area contributed by atoms with Crippen LogP contribution in [0.1, 0.15) is 13.3 Å². The van der Waals surface area contributed by atoms with Gasteiger partial charge in [-0.1, -0.05) is 6.92 Å². The fourth-order valence-corrected chi connectivity index (χ4v) is 1.54. The highest BCUT2D eigenvalue weighted by molar-refractivity contribution is 7.87. The molecular weight excluding hydrogens is 216 g/mol. The maximum absolute atomic E-state index is 12.5. The molecular formula is C6H15F2N3O2S. The summed E-state index contributed by atoms with van der Waals surface area (Å²) in [7, 11) is -3.82. The molecule has 86 valence electrons. The summed E-state index contributed by atoms with van der Waals surface area (Å²) in [6.07, 6.45) is 0.591. The topological polar surface area (TPSA) is 84.2 Å². The lowest BCUT2D eigenvalue weighted by atomic mass is 10.3. The van der Waals surface area contributed by atoms with Gasteiger partial charge in [0.1, 0.15) is 0 Å². The summed E-state index contributed by atoms with van der Waals surface area (Å²) in [5.41, 5.74) is 4.73. The van der Waals surface area contributed by atoms with Gasteiger partial charge in [-0.05, 0) is 6.42 Å². The van der Waals surface area contributed by atoms with Crippen LogP contribution in [0.3, 0.4) is 0 Å². The Morgan fingerprint density at radius 2 is 1.93 bits per heavy atom. The first-order valence-electron chi connectivity index (χ1n) is 4.15. The maximum atomic E-state index is 12.5. The van der Waals surface area contributed by atoms with Gasteiger partial charge in [0.25, 0.3) is 16.1 Å². The molecule has 0 aromatic heterocycles. The third-order valence-electron chi connectivity index (χ3n) is 1.36. The molecule has 5 nitrogen and oxygen atoms in total. The van der Waals surface area contributed by atoms with Crippen LogP contribution >= 0.6 is 0 Å². The largest absolute Gasteiger partial charge is 0.325 e. The van der Waals surface area contributed by atoms with Gasteiger partial charge in [0.05, 0.1) is 13.1 Å². The van der Waals surface area contributed by atoms with Crippen molar-refractivity contribution in [1.82, 2.24) is 9.44 Å². The van der Waals surface area contributed by atoms with E-state index in [0.29, 0.717) is 6.42 Å². The summed E-state index contributed by atoms with van der Waals surface area (Å²) >= 11 is 0. The van der Waals surface area contributed by atoms with Crippen LogP contribution in [0.5, 0.6) is 0 Å². The zero-order valence-electron chi connectivity index (χ0n) is 7.89. The maximum Gasteiger partial charge on any atom is 0.277 e. The number of nitrogens with two attached hydrogens (primary N) is 1. The van der Waals surface area contributed by atoms with E-state index in [0.717, 1.165) is 0 Å². The van der Waals surface area contributed by atoms with E-state index in [1.54, 1.807) is 11.6 Å². The lowest BCUT2D eigenvalue weighted by molar-refractivity contribution is 0.0169. The van der Waals surface area contributed by atoms with Crippen LogP contribution in [-0.2, 0) is 10.2 Å². The van der Waals surface area contributed by atoms with Crippen molar-refractivity contribution in [3.05, 3.63) is 0 Å². The van der Waals surface area contributed by atoms with E-state index >= 15 is 0 Å². The summed E-state index contributed by atoms with van der Waals surface area (Å²) < 4.78 is 50.8. The summed E-state index contributed by atoms with van der Waals surface area (Å²) in [6, 6.07) is 0. The van der Waals surface area contributed by atoms with E-state index in [1.807, 2.05) is 0 Å². The molecule has 0 spiro atoms. The number of hydrogen-bond acceptors (Lipinski definition) is 3. The normalized spacial score (nSPS) is 13.1. The highest BCUT2D eigenvalue weighted by atomic mass is 32.2. The predicted molar refractivity (Wildman–Crippen MR) is 49.2 cm³/mol. The zero-order chi connectivity index (χ0) is 11.2. The van der Waals surface area contributed by atoms with Crippen LogP contribution in [0.4, 0.5) is 8.78 Å². The monoisotopic (exact) mass is 231 g/mol. The Hall–Kier alpha value is -0.310. The fraction of sp³-hybridized carbons (Fsp3) is 1.00. The van der Waals surface area contributed by atoms with Crippen molar-refractivity contribution < 1.29 is 17.2 Å². The summed E-state index contributed by atoms with van der Waals surface area (Å²) in [4.78, 5) is 0. The molecule has 0 aliphatic rings. The van der Waals surface area contributed by atoms with Crippen molar-refractivity contribution in [3.63, 3.8) is 0 Å². The Kier molecular flexibility index (Phi) is 5.42. The quantitative estimate of drug-likeness (QED) is 0.548. The molecule has 0 radical (unpaired) electrons. The SMILES string of the molecule is CCCNS(=O)(=O)NCC(F)(F)CN. The van der Waals surface area contributed by atoms with Gasteiger partial charge in [0, 0.05) is 6.54 Å². The fourth-order valence-electron chi connectivity index (χ4n) is 0.560. The Labute approximate surface area is 82.2 Å². The molecule has 0 rings (SSSR count). The lowest BCUT2D eigenvalue weighted by Gasteiger charge is -2.14. The molecule has 0 unspecified atom stereocenters. The molecule has 0 bridgehead atoms. The minimum atomic E-state index is -3.82. The predicted octanol–water partition coefficient (Wildman–Crippen LogP) is -0.586. The second kappa shape index (κ2) is 5.54. The second-order valence-electron chi connectivity index (χ2n) is 2.78. The first kappa shape index (κ1) is 13.7. The Morgan fingerprint density at radius 1 is 1.36 bits per heavy atom. The summed E-state index contributed by atoms with van der Waals surface area (Å²) in [6.45, 7) is 0.104. The van der Waals surface area contributed by atoms with Crippen LogP contribution < -0.4 is 15.2 Å². The standard InChI is InChI=1S/C6H15F2N3O2S/c1-2-3-10-14(12,13)11-5-6(7,8)4-9/h10-11H,2-5,9H2,1H3. The highest BCUT2D eigenvalue weighted by Crippen LogP contribution is 2.08. The molecule has 0 aromatic rings. The van der Waals surface area contributed by atoms with Gasteiger partial charge >= 0.3 is 0 Å². The molecule has 0 atom stereocenters. The zero-order valence-corrected chi connectivity index (χ0v) is 8.70. The van der Waals surface area contributed by atoms with Crippen molar-refractivity contribution in [2.24, 2.45) is 5.73 Å². The Balaban J connectivity index is 4.00. The highest BCUT2D eigenvalue weighted by Gasteiger charge is 2.28. The van der Waals surface area contributed by atoms with Crippen molar-refractivity contribution in [1.29, 1.82) is 0 Å². The molecule has 8 heteroatoms. The van der Waals surface area contributed by atoms with Crippen LogP contribution in [0.25, 0.3) is 0 Å². The molecule has 0 aliphatic heterocycles. The molecule has 0 fully saturated rings. The molecule has 4 N–H and O–H groups in total. The molecule has 0 heterocycles. The van der Waals surface area contributed by atoms with Gasteiger partial charge in [-0.25, -0.2) is 13.5 Å². The van der Waals surface area contributed by atoms with E-state index in [2.05, 4.69) is 4.72 Å². The third-order valence-corrected chi connectivity index (χ3v) is 2.47. The van der Waals surface area contributed by atoms with E-state index in [-0.39, 0.29) is 6.54 Å². The van der Waals surface area contributed by atoms with Crippen molar-refractivity contribution in [2.75, 3.05) is 19.6 Å². The van der Waals surface area contributed by atoms with Crippen LogP contribution in [0, 0.1) is 0 Å². The minimum Gasteiger partial charge on any atom is -0.325 e. The van der Waals surface area contributed by atoms with E-state index < -0.39 is 29.2 Å². The first-order chi connectivity index (χ1) is 6.33. The Morgan fingerprint density at radius 3 is 2.36 bits per heavy atom. The van der Waals surface area contributed by atoms with E-state index in [9.17, 15) is 17.2 Å². The average Bonchev–Trinajstić information content (AvgIpc) is 2.12. The summed E-state index contributed by atoms with van der Waals surface area (Å²) in [5.74, 6) is -3.21. The number of alkyl halides is 2. The molecule has 0 aromatic carbocycles. The Bertz CT molecular complexity index is 256. The number of nitrogens with one attached hydrogen (secondary N) is 2. The van der Waals surface area contributed by atoms with Crippen LogP contribution in [0.15, 0.2) is 0 Å². The van der Waals surface area contributed by atoms with Crippen LogP contribution in [-0.4, -0.2) is 34.0 Å². The molecule has 0 saturated carbocycles. The third kappa shape index (κ3) is 6.19. The van der Waals surface area contributed by atoms with Gasteiger partial charge in [-0.3, -0.25) is 0 Å². The average molecular weight is 231 g/mol. The summed E-state index contributed by atoms with van der Waals surface area (Å²) in [5, 5.41) is 0. The minimum absolute atomic E-state index is 0.212. The number of hydrogen-bond donors (Lipinski definition) is 3. The smallest absolute Gasteiger partial charge is 0.277 e. The van der Waals surface area contributed by atoms with Crippen LogP contribution in [0.2, 0.25) is 0 Å². The molecule has 0 saturated heterocycles. The second-order valence-corrected chi connectivity index (χ2v) is 4.36. The molecule has 14 heavy (non-hydrogen) atoms.